The van der Waals surface area contributed by atoms with Crippen LogP contribution in [0.5, 0.6) is 0 Å². The van der Waals surface area contributed by atoms with Gasteiger partial charge in [0.15, 0.2) is 0 Å². The van der Waals surface area contributed by atoms with Crippen molar-refractivity contribution in [3.05, 3.63) is 24.8 Å². The van der Waals surface area contributed by atoms with Crippen molar-refractivity contribution in [2.75, 3.05) is 0 Å². The van der Waals surface area contributed by atoms with Gasteiger partial charge in [0.1, 0.15) is 0 Å². The van der Waals surface area contributed by atoms with Crippen LogP contribution < -0.4 is 0 Å². The highest BCUT2D eigenvalue weighted by molar-refractivity contribution is 5.85. The maximum absolute atomic E-state index is 11.0. The Morgan fingerprint density at radius 3 is 2.29 bits per heavy atom. The summed E-state index contributed by atoms with van der Waals surface area (Å²) >= 11 is 0. The topological polar surface area (TPSA) is 43.4 Å². The zero-order valence-corrected chi connectivity index (χ0v) is 8.54. The predicted molar refractivity (Wildman–Crippen MR) is 54.6 cm³/mol. The SMILES string of the molecule is C=CCCC(=O)OC(=O)CCC(=C)C. The van der Waals surface area contributed by atoms with Crippen molar-refractivity contribution >= 4 is 11.9 Å². The fourth-order valence-electron chi connectivity index (χ4n) is 0.764. The second-order valence-electron chi connectivity index (χ2n) is 3.13. The summed E-state index contributed by atoms with van der Waals surface area (Å²) in [4.78, 5) is 22.0. The number of carbonyl (C=O) groups is 2. The largest absolute Gasteiger partial charge is 0.393 e. The van der Waals surface area contributed by atoms with Crippen LogP contribution in [-0.4, -0.2) is 11.9 Å². The second-order valence-corrected chi connectivity index (χ2v) is 3.13. The lowest BCUT2D eigenvalue weighted by molar-refractivity contribution is -0.159. The van der Waals surface area contributed by atoms with Crippen molar-refractivity contribution in [2.24, 2.45) is 0 Å². The van der Waals surface area contributed by atoms with Crippen LogP contribution in [0.4, 0.5) is 0 Å². The first-order valence-electron chi connectivity index (χ1n) is 4.55. The van der Waals surface area contributed by atoms with Gasteiger partial charge in [0.25, 0.3) is 0 Å². The summed E-state index contributed by atoms with van der Waals surface area (Å²) in [6.07, 6.45) is 3.14. The second kappa shape index (κ2) is 7.06. The van der Waals surface area contributed by atoms with Gasteiger partial charge in [-0.2, -0.15) is 0 Å². The molecule has 0 N–H and O–H groups in total. The van der Waals surface area contributed by atoms with Crippen molar-refractivity contribution in [1.82, 2.24) is 0 Å². The molecule has 3 nitrogen and oxygen atoms in total. The van der Waals surface area contributed by atoms with E-state index < -0.39 is 11.9 Å². The predicted octanol–water partition coefficient (Wildman–Crippen LogP) is 2.38. The molecule has 0 atom stereocenters. The van der Waals surface area contributed by atoms with Gasteiger partial charge in [-0.1, -0.05) is 11.6 Å². The lowest BCUT2D eigenvalue weighted by Gasteiger charge is -2.01. The van der Waals surface area contributed by atoms with Crippen molar-refractivity contribution < 1.29 is 14.3 Å². The van der Waals surface area contributed by atoms with Crippen LogP contribution in [0.2, 0.25) is 0 Å². The number of allylic oxidation sites excluding steroid dienone is 2. The van der Waals surface area contributed by atoms with Gasteiger partial charge in [-0.3, -0.25) is 9.59 Å². The summed E-state index contributed by atoms with van der Waals surface area (Å²) in [6, 6.07) is 0. The highest BCUT2D eigenvalue weighted by Gasteiger charge is 2.08. The van der Waals surface area contributed by atoms with Crippen molar-refractivity contribution in [3.63, 3.8) is 0 Å². The zero-order chi connectivity index (χ0) is 11.0. The average Bonchev–Trinajstić information content (AvgIpc) is 2.11. The van der Waals surface area contributed by atoms with E-state index in [0.717, 1.165) is 5.57 Å². The van der Waals surface area contributed by atoms with Crippen molar-refractivity contribution in [3.8, 4) is 0 Å². The van der Waals surface area contributed by atoms with Crippen molar-refractivity contribution in [1.29, 1.82) is 0 Å². The first-order chi connectivity index (χ1) is 6.56. The Labute approximate surface area is 84.4 Å². The molecule has 0 radical (unpaired) electrons. The quantitative estimate of drug-likeness (QED) is 0.372. The summed E-state index contributed by atoms with van der Waals surface area (Å²) < 4.78 is 4.54. The van der Waals surface area contributed by atoms with E-state index in [9.17, 15) is 9.59 Å². The van der Waals surface area contributed by atoms with Gasteiger partial charge >= 0.3 is 11.9 Å². The minimum atomic E-state index is -0.489. The Morgan fingerprint density at radius 2 is 1.79 bits per heavy atom. The molecule has 0 amide bonds. The van der Waals surface area contributed by atoms with E-state index in [1.807, 2.05) is 6.92 Å². The van der Waals surface area contributed by atoms with Crippen LogP contribution in [0.15, 0.2) is 24.8 Å². The van der Waals surface area contributed by atoms with Crippen LogP contribution in [0.1, 0.15) is 32.6 Å². The Hall–Kier alpha value is -1.38. The third kappa shape index (κ3) is 7.28. The first-order valence-corrected chi connectivity index (χ1v) is 4.55. The highest BCUT2D eigenvalue weighted by atomic mass is 16.6. The molecule has 0 heterocycles. The lowest BCUT2D eigenvalue weighted by Crippen LogP contribution is -2.11. The van der Waals surface area contributed by atoms with Gasteiger partial charge < -0.3 is 4.74 Å². The monoisotopic (exact) mass is 196 g/mol. The number of hydrogen-bond donors (Lipinski definition) is 0. The molecular formula is C11H16O3. The molecule has 14 heavy (non-hydrogen) atoms. The highest BCUT2D eigenvalue weighted by Crippen LogP contribution is 2.03. The molecular weight excluding hydrogens is 180 g/mol. The molecule has 3 heteroatoms. The summed E-state index contributed by atoms with van der Waals surface area (Å²) in [5.41, 5.74) is 0.903. The third-order valence-corrected chi connectivity index (χ3v) is 1.54. The Balaban J connectivity index is 3.65. The van der Waals surface area contributed by atoms with Crippen LogP contribution in [0, 0.1) is 0 Å². The van der Waals surface area contributed by atoms with Gasteiger partial charge in [0, 0.05) is 12.8 Å². The molecule has 0 aromatic heterocycles. The number of hydrogen-bond acceptors (Lipinski definition) is 3. The van der Waals surface area contributed by atoms with Crippen LogP contribution >= 0.6 is 0 Å². The Bertz CT molecular complexity index is 241. The minimum Gasteiger partial charge on any atom is -0.393 e. The summed E-state index contributed by atoms with van der Waals surface area (Å²) in [6.45, 7) is 8.94. The van der Waals surface area contributed by atoms with E-state index in [0.29, 0.717) is 12.8 Å². The minimum absolute atomic E-state index is 0.211. The molecule has 0 unspecified atom stereocenters. The van der Waals surface area contributed by atoms with Crippen LogP contribution in [0.3, 0.4) is 0 Å². The molecule has 0 aromatic carbocycles. The van der Waals surface area contributed by atoms with Crippen LogP contribution in [-0.2, 0) is 14.3 Å². The number of ether oxygens (including phenoxy) is 1. The van der Waals surface area contributed by atoms with Gasteiger partial charge in [-0.25, -0.2) is 0 Å². The van der Waals surface area contributed by atoms with E-state index >= 15 is 0 Å². The summed E-state index contributed by atoms with van der Waals surface area (Å²) in [5, 5.41) is 0. The maximum Gasteiger partial charge on any atom is 0.313 e. The molecule has 0 aromatic rings. The molecule has 0 fully saturated rings. The Morgan fingerprint density at radius 1 is 1.21 bits per heavy atom. The van der Waals surface area contributed by atoms with E-state index in [4.69, 9.17) is 0 Å². The normalized spacial score (nSPS) is 9.21. The number of carbonyl (C=O) groups excluding carboxylic acids is 2. The molecule has 0 rings (SSSR count). The fourth-order valence-corrected chi connectivity index (χ4v) is 0.764. The first kappa shape index (κ1) is 12.6. The zero-order valence-electron chi connectivity index (χ0n) is 8.54. The molecule has 0 aliphatic heterocycles. The molecule has 0 aliphatic carbocycles. The smallest absolute Gasteiger partial charge is 0.313 e. The molecule has 0 spiro atoms. The van der Waals surface area contributed by atoms with Gasteiger partial charge in [0.2, 0.25) is 0 Å². The van der Waals surface area contributed by atoms with E-state index in [2.05, 4.69) is 17.9 Å². The standard InChI is InChI=1S/C11H16O3/c1-4-5-6-10(12)14-11(13)8-7-9(2)3/h4H,1-2,5-8H2,3H3. The molecule has 0 aliphatic rings. The summed E-state index contributed by atoms with van der Waals surface area (Å²) in [7, 11) is 0. The maximum atomic E-state index is 11.0. The van der Waals surface area contributed by atoms with E-state index in [1.54, 1.807) is 6.08 Å². The van der Waals surface area contributed by atoms with Crippen molar-refractivity contribution in [2.45, 2.75) is 32.6 Å². The Kier molecular flexibility index (Phi) is 6.37. The number of esters is 2. The molecule has 0 saturated heterocycles. The van der Waals surface area contributed by atoms with E-state index in [1.165, 1.54) is 0 Å². The van der Waals surface area contributed by atoms with Gasteiger partial charge in [0.05, 0.1) is 0 Å². The lowest BCUT2D eigenvalue weighted by atomic mass is 10.2. The van der Waals surface area contributed by atoms with E-state index in [-0.39, 0.29) is 12.8 Å². The molecule has 0 bridgehead atoms. The van der Waals surface area contributed by atoms with Gasteiger partial charge in [-0.05, 0) is 19.8 Å². The van der Waals surface area contributed by atoms with Crippen LogP contribution in [0.25, 0.3) is 0 Å². The fraction of sp³-hybridized carbons (Fsp3) is 0.455. The average molecular weight is 196 g/mol. The molecule has 78 valence electrons. The molecule has 0 saturated carbocycles. The summed E-state index contributed by atoms with van der Waals surface area (Å²) in [5.74, 6) is -0.973. The van der Waals surface area contributed by atoms with Gasteiger partial charge in [-0.15, -0.1) is 13.2 Å². The number of rotatable bonds is 6. The third-order valence-electron chi connectivity index (χ3n) is 1.54.